The topological polar surface area (TPSA) is 93.9 Å². The first-order valence-corrected chi connectivity index (χ1v) is 8.02. The Morgan fingerprint density at radius 3 is 2.71 bits per heavy atom. The van der Waals surface area contributed by atoms with Crippen LogP contribution in [-0.2, 0) is 4.79 Å². The summed E-state index contributed by atoms with van der Waals surface area (Å²) in [6.07, 6.45) is -0.654. The Labute approximate surface area is 142 Å². The summed E-state index contributed by atoms with van der Waals surface area (Å²) in [6, 6.07) is 3.31. The molecule has 0 unspecified atom stereocenters. The van der Waals surface area contributed by atoms with Gasteiger partial charge in [0.1, 0.15) is 0 Å². The maximum Gasteiger partial charge on any atom is 0.263 e. The van der Waals surface area contributed by atoms with E-state index in [-0.39, 0.29) is 11.9 Å². The first kappa shape index (κ1) is 18.1. The molecular weight excluding hydrogens is 310 g/mol. The monoisotopic (exact) mass is 335 g/mol. The summed E-state index contributed by atoms with van der Waals surface area (Å²) in [6.45, 7) is 7.66. The van der Waals surface area contributed by atoms with E-state index in [4.69, 9.17) is 15.2 Å². The lowest BCUT2D eigenvalue weighted by Gasteiger charge is -2.35. The van der Waals surface area contributed by atoms with Crippen molar-refractivity contribution in [2.24, 2.45) is 5.73 Å². The maximum absolute atomic E-state index is 12.6. The first-order valence-electron chi connectivity index (χ1n) is 8.02. The van der Waals surface area contributed by atoms with E-state index in [1.807, 2.05) is 11.8 Å². The standard InChI is InChI=1S/C17H25N3O4/c1-10-9-19-7-8-20(10)17(22)12(3)24-14-6-5-13(16(18)21)11(2)15(14)23-4/h5-6,10,12,19H,7-9H2,1-4H3,(H2,18,21)/t10-,12+/m1/s1. The Morgan fingerprint density at radius 1 is 1.42 bits per heavy atom. The molecule has 0 aliphatic carbocycles. The van der Waals surface area contributed by atoms with Crippen molar-refractivity contribution in [3.63, 3.8) is 0 Å². The van der Waals surface area contributed by atoms with Crippen LogP contribution in [0.25, 0.3) is 0 Å². The average molecular weight is 335 g/mol. The van der Waals surface area contributed by atoms with Crippen LogP contribution in [0.2, 0.25) is 0 Å². The van der Waals surface area contributed by atoms with Gasteiger partial charge in [-0.3, -0.25) is 9.59 Å². The van der Waals surface area contributed by atoms with Crippen molar-refractivity contribution in [3.8, 4) is 11.5 Å². The molecule has 1 aromatic rings. The van der Waals surface area contributed by atoms with Gasteiger partial charge in [-0.15, -0.1) is 0 Å². The minimum atomic E-state index is -0.654. The van der Waals surface area contributed by atoms with Crippen molar-refractivity contribution >= 4 is 11.8 Å². The third-order valence-electron chi connectivity index (χ3n) is 4.28. The fourth-order valence-electron chi connectivity index (χ4n) is 2.92. The predicted octanol–water partition coefficient (Wildman–Crippen LogP) is 0.690. The zero-order chi connectivity index (χ0) is 17.9. The van der Waals surface area contributed by atoms with Gasteiger partial charge in [0.15, 0.2) is 17.6 Å². The fraction of sp³-hybridized carbons (Fsp3) is 0.529. The van der Waals surface area contributed by atoms with Crippen LogP contribution in [0, 0.1) is 6.92 Å². The summed E-state index contributed by atoms with van der Waals surface area (Å²) in [5.74, 6) is 0.238. The number of nitrogens with one attached hydrogen (secondary N) is 1. The van der Waals surface area contributed by atoms with Gasteiger partial charge in [0.2, 0.25) is 5.91 Å². The Balaban J connectivity index is 2.19. The van der Waals surface area contributed by atoms with Crippen molar-refractivity contribution in [2.75, 3.05) is 26.7 Å². The highest BCUT2D eigenvalue weighted by atomic mass is 16.5. The molecule has 0 aromatic heterocycles. The Kier molecular flexibility index (Phi) is 5.66. The summed E-state index contributed by atoms with van der Waals surface area (Å²) < 4.78 is 11.2. The lowest BCUT2D eigenvalue weighted by Crippen LogP contribution is -2.55. The third kappa shape index (κ3) is 3.62. The van der Waals surface area contributed by atoms with Crippen LogP contribution in [0.1, 0.15) is 29.8 Å². The normalized spacial score (nSPS) is 18.8. The summed E-state index contributed by atoms with van der Waals surface area (Å²) in [5, 5.41) is 3.25. The molecule has 2 atom stereocenters. The number of piperazine rings is 1. The molecule has 132 valence electrons. The average Bonchev–Trinajstić information content (AvgIpc) is 2.54. The zero-order valence-electron chi connectivity index (χ0n) is 14.6. The number of primary amides is 1. The van der Waals surface area contributed by atoms with E-state index in [1.165, 1.54) is 7.11 Å². The summed E-state index contributed by atoms with van der Waals surface area (Å²) in [5.41, 5.74) is 6.31. The minimum Gasteiger partial charge on any atom is -0.493 e. The van der Waals surface area contributed by atoms with E-state index in [0.717, 1.165) is 13.1 Å². The first-order chi connectivity index (χ1) is 11.4. The van der Waals surface area contributed by atoms with E-state index in [9.17, 15) is 9.59 Å². The second-order valence-electron chi connectivity index (χ2n) is 5.98. The van der Waals surface area contributed by atoms with Crippen LogP contribution in [0.3, 0.4) is 0 Å². The molecule has 1 fully saturated rings. The van der Waals surface area contributed by atoms with Gasteiger partial charge in [-0.2, -0.15) is 0 Å². The molecule has 2 rings (SSSR count). The number of nitrogens with zero attached hydrogens (tertiary/aromatic N) is 1. The number of methoxy groups -OCH3 is 1. The van der Waals surface area contributed by atoms with Crippen molar-refractivity contribution in [1.82, 2.24) is 10.2 Å². The molecule has 0 radical (unpaired) electrons. The van der Waals surface area contributed by atoms with E-state index >= 15 is 0 Å². The summed E-state index contributed by atoms with van der Waals surface area (Å²) in [7, 11) is 1.49. The Bertz CT molecular complexity index is 633. The van der Waals surface area contributed by atoms with Crippen molar-refractivity contribution in [2.45, 2.75) is 32.9 Å². The Morgan fingerprint density at radius 2 is 2.12 bits per heavy atom. The molecule has 1 aromatic carbocycles. The number of benzene rings is 1. The van der Waals surface area contributed by atoms with E-state index in [2.05, 4.69) is 5.32 Å². The highest BCUT2D eigenvalue weighted by Crippen LogP contribution is 2.33. The van der Waals surface area contributed by atoms with E-state index < -0.39 is 12.0 Å². The van der Waals surface area contributed by atoms with Crippen LogP contribution in [0.4, 0.5) is 0 Å². The lowest BCUT2D eigenvalue weighted by molar-refractivity contribution is -0.140. The third-order valence-corrected chi connectivity index (χ3v) is 4.28. The molecule has 1 aliphatic heterocycles. The molecular formula is C17H25N3O4. The van der Waals surface area contributed by atoms with Crippen LogP contribution < -0.4 is 20.5 Å². The van der Waals surface area contributed by atoms with E-state index in [1.54, 1.807) is 26.0 Å². The second-order valence-corrected chi connectivity index (χ2v) is 5.98. The SMILES string of the molecule is COc1c(O[C@@H](C)C(=O)N2CCNC[C@H]2C)ccc(C(N)=O)c1C. The molecule has 0 saturated carbocycles. The molecule has 1 saturated heterocycles. The molecule has 24 heavy (non-hydrogen) atoms. The maximum atomic E-state index is 12.6. The molecule has 7 nitrogen and oxygen atoms in total. The molecule has 2 amide bonds. The molecule has 0 spiro atoms. The predicted molar refractivity (Wildman–Crippen MR) is 90.4 cm³/mol. The van der Waals surface area contributed by atoms with Crippen molar-refractivity contribution in [1.29, 1.82) is 0 Å². The fourth-order valence-corrected chi connectivity index (χ4v) is 2.92. The number of rotatable bonds is 5. The number of nitrogens with two attached hydrogens (primary N) is 1. The number of ether oxygens (including phenoxy) is 2. The van der Waals surface area contributed by atoms with Gasteiger partial charge in [-0.25, -0.2) is 0 Å². The van der Waals surface area contributed by atoms with Gasteiger partial charge in [0.25, 0.3) is 5.91 Å². The van der Waals surface area contributed by atoms with Crippen LogP contribution >= 0.6 is 0 Å². The molecule has 1 aliphatic rings. The van der Waals surface area contributed by atoms with Gasteiger partial charge in [-0.1, -0.05) is 0 Å². The molecule has 0 bridgehead atoms. The highest BCUT2D eigenvalue weighted by Gasteiger charge is 2.29. The van der Waals surface area contributed by atoms with Crippen LogP contribution in [-0.4, -0.2) is 55.6 Å². The zero-order valence-corrected chi connectivity index (χ0v) is 14.6. The second kappa shape index (κ2) is 7.53. The van der Waals surface area contributed by atoms with Gasteiger partial charge in [0.05, 0.1) is 7.11 Å². The lowest BCUT2D eigenvalue weighted by atomic mass is 10.1. The van der Waals surface area contributed by atoms with Crippen LogP contribution in [0.5, 0.6) is 11.5 Å². The van der Waals surface area contributed by atoms with Gasteiger partial charge >= 0.3 is 0 Å². The number of carbonyl (C=O) groups excluding carboxylic acids is 2. The van der Waals surface area contributed by atoms with Gasteiger partial charge < -0.3 is 25.4 Å². The number of carbonyl (C=O) groups is 2. The summed E-state index contributed by atoms with van der Waals surface area (Å²) in [4.78, 5) is 25.9. The van der Waals surface area contributed by atoms with Crippen LogP contribution in [0.15, 0.2) is 12.1 Å². The quantitative estimate of drug-likeness (QED) is 0.826. The van der Waals surface area contributed by atoms with Crippen molar-refractivity contribution in [3.05, 3.63) is 23.3 Å². The Hall–Kier alpha value is -2.28. The smallest absolute Gasteiger partial charge is 0.263 e. The van der Waals surface area contributed by atoms with Crippen molar-refractivity contribution < 1.29 is 19.1 Å². The number of amides is 2. The minimum absolute atomic E-state index is 0.0670. The molecule has 1 heterocycles. The van der Waals surface area contributed by atoms with E-state index in [0.29, 0.717) is 29.2 Å². The van der Waals surface area contributed by atoms with Gasteiger partial charge in [-0.05, 0) is 32.9 Å². The number of hydrogen-bond donors (Lipinski definition) is 2. The summed E-state index contributed by atoms with van der Waals surface area (Å²) >= 11 is 0. The van der Waals surface area contributed by atoms with Gasteiger partial charge in [0, 0.05) is 36.8 Å². The molecule has 3 N–H and O–H groups in total. The molecule has 7 heteroatoms. The largest absolute Gasteiger partial charge is 0.493 e. The highest BCUT2D eigenvalue weighted by molar-refractivity contribution is 5.95. The number of hydrogen-bond acceptors (Lipinski definition) is 5.